The van der Waals surface area contributed by atoms with Crippen LogP contribution in [-0.2, 0) is 26.0 Å². The number of aromatic nitrogens is 1. The van der Waals surface area contributed by atoms with Crippen LogP contribution in [0.3, 0.4) is 0 Å². The molecule has 0 spiro atoms. The first-order valence-electron chi connectivity index (χ1n) is 14.3. The molecule has 2 heterocycles. The molecule has 0 amide bonds. The Hall–Kier alpha value is -2.31. The Morgan fingerprint density at radius 3 is 2.33 bits per heavy atom. The second kappa shape index (κ2) is 14.9. The highest BCUT2D eigenvalue weighted by atomic mass is 79.9. The van der Waals surface area contributed by atoms with Crippen LogP contribution >= 0.6 is 15.9 Å². The Morgan fingerprint density at radius 1 is 0.897 bits per heavy atom. The molecule has 214 valence electrons. The molecule has 0 saturated heterocycles. The number of nitrogens with zero attached hydrogens (tertiary/aromatic N) is 1. The smallest absolute Gasteiger partial charge is 0.213 e. The van der Waals surface area contributed by atoms with E-state index in [0.29, 0.717) is 6.61 Å². The zero-order valence-electron chi connectivity index (χ0n) is 24.5. The minimum Gasteiger partial charge on any atom is -0.493 e. The highest BCUT2D eigenvalue weighted by molar-refractivity contribution is 9.10. The third kappa shape index (κ3) is 6.71. The van der Waals surface area contributed by atoms with E-state index in [0.717, 1.165) is 76.7 Å². The lowest BCUT2D eigenvalue weighted by atomic mass is 9.91. The van der Waals surface area contributed by atoms with Crippen molar-refractivity contribution in [3.05, 3.63) is 53.0 Å². The number of fused-ring (bicyclic) bond motifs is 4. The number of ether oxygens (including phenoxy) is 3. The van der Waals surface area contributed by atoms with Crippen molar-refractivity contribution in [1.29, 1.82) is 0 Å². The van der Waals surface area contributed by atoms with E-state index in [1.54, 1.807) is 14.2 Å². The number of halogens is 1. The normalized spacial score (nSPS) is 12.1. The fraction of sp³-hybridized carbons (Fsp3) is 0.515. The van der Waals surface area contributed by atoms with Crippen molar-refractivity contribution >= 4 is 26.7 Å². The van der Waals surface area contributed by atoms with Crippen molar-refractivity contribution in [2.45, 2.75) is 91.2 Å². The molecule has 0 atom stereocenters. The third-order valence-corrected chi connectivity index (χ3v) is 8.36. The second-order valence-corrected chi connectivity index (χ2v) is 11.1. The van der Waals surface area contributed by atoms with Gasteiger partial charge in [-0.15, -0.1) is 0 Å². The van der Waals surface area contributed by atoms with Crippen LogP contribution in [0.2, 0.25) is 0 Å². The molecule has 6 heteroatoms. The van der Waals surface area contributed by atoms with Crippen LogP contribution in [0.4, 0.5) is 0 Å². The Kier molecular flexibility index (Phi) is 11.9. The first-order valence-corrected chi connectivity index (χ1v) is 15.1. The fourth-order valence-corrected chi connectivity index (χ4v) is 6.17. The number of hydrogen-bond acceptors (Lipinski definition) is 4. The molecular formula is C33H46BrNO4. The Morgan fingerprint density at radius 2 is 1.64 bits per heavy atom. The molecule has 0 saturated carbocycles. The molecule has 1 aromatic heterocycles. The number of aliphatic hydroxyl groups excluding tert-OH is 1. The van der Waals surface area contributed by atoms with Crippen molar-refractivity contribution in [3.8, 4) is 28.5 Å². The maximum absolute atomic E-state index is 10.3. The van der Waals surface area contributed by atoms with Crippen LogP contribution in [0.25, 0.3) is 22.0 Å². The minimum atomic E-state index is -0.0376. The van der Waals surface area contributed by atoms with Gasteiger partial charge in [0.1, 0.15) is 5.75 Å². The third-order valence-electron chi connectivity index (χ3n) is 7.71. The largest absolute Gasteiger partial charge is 0.493 e. The van der Waals surface area contributed by atoms with Crippen molar-refractivity contribution in [2.24, 2.45) is 0 Å². The van der Waals surface area contributed by atoms with E-state index < -0.39 is 0 Å². The summed E-state index contributed by atoms with van der Waals surface area (Å²) >= 11 is 3.81. The molecule has 1 N–H and O–H groups in total. The maximum atomic E-state index is 10.3. The first kappa shape index (κ1) is 31.2. The lowest BCUT2D eigenvalue weighted by molar-refractivity contribution is -0.693. The molecule has 1 aliphatic rings. The van der Waals surface area contributed by atoms with Gasteiger partial charge in [-0.05, 0) is 36.6 Å². The Balaban J connectivity index is 0.00000420. The topological polar surface area (TPSA) is 51.8 Å². The van der Waals surface area contributed by atoms with Gasteiger partial charge in [0.15, 0.2) is 23.7 Å². The van der Waals surface area contributed by atoms with Crippen LogP contribution in [-0.4, -0.2) is 25.9 Å². The molecule has 1 aliphatic heterocycles. The van der Waals surface area contributed by atoms with Gasteiger partial charge in [0.25, 0.3) is 0 Å². The molecule has 3 aromatic rings. The number of unbranched alkanes of at least 4 members (excludes halogenated alkanes) is 6. The van der Waals surface area contributed by atoms with Gasteiger partial charge < -0.3 is 26.7 Å². The second-order valence-electron chi connectivity index (χ2n) is 10.3. The highest BCUT2D eigenvalue weighted by Gasteiger charge is 2.32. The average Bonchev–Trinajstić information content (AvgIpc) is 2.94. The summed E-state index contributed by atoms with van der Waals surface area (Å²) in [6.45, 7) is 6.03. The quantitative estimate of drug-likeness (QED) is 0.115. The molecule has 0 fully saturated rings. The molecule has 0 aliphatic carbocycles. The summed E-state index contributed by atoms with van der Waals surface area (Å²) in [4.78, 5) is 0. The lowest BCUT2D eigenvalue weighted by Crippen LogP contribution is -2.44. The summed E-state index contributed by atoms with van der Waals surface area (Å²) in [6.07, 6.45) is 11.5. The maximum Gasteiger partial charge on any atom is 0.213 e. The first-order chi connectivity index (χ1) is 18.6. The van der Waals surface area contributed by atoms with Crippen LogP contribution < -0.4 is 18.8 Å². The van der Waals surface area contributed by atoms with E-state index in [2.05, 4.69) is 52.5 Å². The van der Waals surface area contributed by atoms with Gasteiger partial charge in [-0.1, -0.05) is 68.3 Å². The summed E-state index contributed by atoms with van der Waals surface area (Å²) < 4.78 is 21.2. The number of pyridine rings is 1. The Bertz CT molecular complexity index is 1260. The predicted octanol–water partition coefficient (Wildman–Crippen LogP) is 8.15. The molecule has 5 nitrogen and oxygen atoms in total. The standard InChI is InChI=1S/C32H43BrNO4.CH3/c1-5-7-9-10-11-12-16-38-29-18-22-14-15-34-27(13-8-6-2)31-25(19-28(34)24(22)17-23(29)21-35)26(33)20-30(36-3)32(31)37-4;/h17-20,35H,5-16,21H2,1-4H3;1H3/q+1;-1. The van der Waals surface area contributed by atoms with E-state index >= 15 is 0 Å². The molecule has 39 heavy (non-hydrogen) atoms. The SMILES string of the molecule is CCCCCCCCOc1cc2c(cc1CO)-c1cc3c(Br)cc(OC)c(OC)c3c(CCCC)[n+]1CC2.[CH3-]. The number of benzene rings is 2. The lowest BCUT2D eigenvalue weighted by Gasteiger charge is -2.22. The molecular weight excluding hydrogens is 554 g/mol. The minimum absolute atomic E-state index is 0. The summed E-state index contributed by atoms with van der Waals surface area (Å²) in [7, 11) is 3.40. The number of rotatable bonds is 14. The van der Waals surface area contributed by atoms with Crippen molar-refractivity contribution in [2.75, 3.05) is 20.8 Å². The van der Waals surface area contributed by atoms with Gasteiger partial charge in [-0.2, -0.15) is 4.57 Å². The van der Waals surface area contributed by atoms with Crippen molar-refractivity contribution in [3.63, 3.8) is 0 Å². The van der Waals surface area contributed by atoms with Crippen LogP contribution in [0.1, 0.15) is 82.0 Å². The van der Waals surface area contributed by atoms with Gasteiger partial charge in [0, 0.05) is 34.3 Å². The summed E-state index contributed by atoms with van der Waals surface area (Å²) in [5, 5.41) is 12.5. The molecule has 2 aromatic carbocycles. The zero-order chi connectivity index (χ0) is 27.1. The van der Waals surface area contributed by atoms with E-state index in [9.17, 15) is 5.11 Å². The molecule has 0 unspecified atom stereocenters. The van der Waals surface area contributed by atoms with E-state index in [-0.39, 0.29) is 14.0 Å². The van der Waals surface area contributed by atoms with E-state index in [1.165, 1.54) is 54.6 Å². The van der Waals surface area contributed by atoms with Gasteiger partial charge in [0.05, 0.1) is 38.4 Å². The summed E-state index contributed by atoms with van der Waals surface area (Å²) in [6, 6.07) is 8.55. The predicted molar refractivity (Wildman–Crippen MR) is 164 cm³/mol. The summed E-state index contributed by atoms with van der Waals surface area (Å²) in [5.41, 5.74) is 5.75. The summed E-state index contributed by atoms with van der Waals surface area (Å²) in [5.74, 6) is 2.34. The van der Waals surface area contributed by atoms with Crippen LogP contribution in [0.15, 0.2) is 28.7 Å². The average molecular weight is 601 g/mol. The van der Waals surface area contributed by atoms with Gasteiger partial charge in [-0.25, -0.2) is 0 Å². The van der Waals surface area contributed by atoms with Crippen molar-refractivity contribution in [1.82, 2.24) is 0 Å². The van der Waals surface area contributed by atoms with Gasteiger partial charge in [0.2, 0.25) is 5.69 Å². The van der Waals surface area contributed by atoms with E-state index in [4.69, 9.17) is 14.2 Å². The fourth-order valence-electron chi connectivity index (χ4n) is 5.65. The Labute approximate surface area is 243 Å². The van der Waals surface area contributed by atoms with Crippen molar-refractivity contribution < 1.29 is 23.9 Å². The molecule has 4 rings (SSSR count). The number of aliphatic hydroxyl groups is 1. The number of aryl methyl sites for hydroxylation is 2. The van der Waals surface area contributed by atoms with E-state index in [1.807, 2.05) is 6.07 Å². The zero-order valence-corrected chi connectivity index (χ0v) is 26.1. The van der Waals surface area contributed by atoms with Gasteiger partial charge in [-0.3, -0.25) is 0 Å². The molecule has 0 bridgehead atoms. The van der Waals surface area contributed by atoms with Gasteiger partial charge >= 0.3 is 0 Å². The highest BCUT2D eigenvalue weighted by Crippen LogP contribution is 2.44. The monoisotopic (exact) mass is 599 g/mol. The van der Waals surface area contributed by atoms with Crippen LogP contribution in [0, 0.1) is 7.43 Å². The molecule has 0 radical (unpaired) electrons. The number of methoxy groups -OCH3 is 2. The number of hydrogen-bond donors (Lipinski definition) is 1. The van der Waals surface area contributed by atoms with Crippen LogP contribution in [0.5, 0.6) is 17.2 Å².